The van der Waals surface area contributed by atoms with Crippen molar-refractivity contribution in [2.45, 2.75) is 34.1 Å². The third-order valence-electron chi connectivity index (χ3n) is 4.04. The normalized spacial score (nSPS) is 11.6. The standard InChI is InChI=1S/C20H24O2P/c1-14(2)12-13-23(22)18-11-6-5-10-17(18)20(21)19-15(3)8-7-9-16(19)4/h5-11,14H,12-13H2,1-4H3/q+1. The van der Waals surface area contributed by atoms with Crippen molar-refractivity contribution in [2.75, 3.05) is 6.16 Å². The fourth-order valence-electron chi connectivity index (χ4n) is 2.69. The molecule has 0 saturated heterocycles. The second-order valence-electron chi connectivity index (χ2n) is 6.40. The van der Waals surface area contributed by atoms with Crippen LogP contribution in [0.3, 0.4) is 0 Å². The van der Waals surface area contributed by atoms with Crippen molar-refractivity contribution >= 4 is 18.9 Å². The van der Waals surface area contributed by atoms with Gasteiger partial charge in [-0.1, -0.05) is 48.7 Å². The van der Waals surface area contributed by atoms with Crippen LogP contribution in [0.15, 0.2) is 42.5 Å². The summed E-state index contributed by atoms with van der Waals surface area (Å²) in [4.78, 5) is 13.0. The average Bonchev–Trinajstić information content (AvgIpc) is 2.52. The van der Waals surface area contributed by atoms with Gasteiger partial charge >= 0.3 is 7.80 Å². The molecule has 0 spiro atoms. The Bertz CT molecular complexity index is 712. The molecule has 23 heavy (non-hydrogen) atoms. The molecule has 0 aromatic heterocycles. The number of hydrogen-bond donors (Lipinski definition) is 0. The molecule has 0 aliphatic rings. The van der Waals surface area contributed by atoms with Crippen molar-refractivity contribution in [1.82, 2.24) is 0 Å². The second-order valence-corrected chi connectivity index (χ2v) is 8.08. The number of ketones is 1. The first-order valence-corrected chi connectivity index (χ1v) is 9.51. The second kappa shape index (κ2) is 7.66. The Morgan fingerprint density at radius 1 is 1.00 bits per heavy atom. The quantitative estimate of drug-likeness (QED) is 0.550. The van der Waals surface area contributed by atoms with Gasteiger partial charge in [-0.25, -0.2) is 0 Å². The molecule has 0 bridgehead atoms. The molecular weight excluding hydrogens is 303 g/mol. The average molecular weight is 327 g/mol. The van der Waals surface area contributed by atoms with Gasteiger partial charge in [-0.2, -0.15) is 0 Å². The van der Waals surface area contributed by atoms with E-state index in [0.717, 1.165) is 23.1 Å². The van der Waals surface area contributed by atoms with Crippen LogP contribution in [0.4, 0.5) is 0 Å². The molecule has 0 amide bonds. The molecule has 1 atom stereocenters. The largest absolute Gasteiger partial charge is 0.377 e. The van der Waals surface area contributed by atoms with Crippen LogP contribution >= 0.6 is 7.80 Å². The fourth-order valence-corrected chi connectivity index (χ4v) is 4.38. The summed E-state index contributed by atoms with van der Waals surface area (Å²) in [6, 6.07) is 13.2. The molecule has 0 radical (unpaired) electrons. The van der Waals surface area contributed by atoms with Gasteiger partial charge in [0.2, 0.25) is 5.30 Å². The Kier molecular flexibility index (Phi) is 5.85. The van der Waals surface area contributed by atoms with E-state index in [1.54, 1.807) is 6.07 Å². The summed E-state index contributed by atoms with van der Waals surface area (Å²) in [5, 5.41) is 0.691. The van der Waals surface area contributed by atoms with E-state index < -0.39 is 7.80 Å². The Morgan fingerprint density at radius 3 is 2.22 bits per heavy atom. The van der Waals surface area contributed by atoms with Gasteiger partial charge in [-0.05, 0) is 49.4 Å². The van der Waals surface area contributed by atoms with Gasteiger partial charge in [-0.3, -0.25) is 4.79 Å². The zero-order chi connectivity index (χ0) is 17.0. The summed E-state index contributed by atoms with van der Waals surface area (Å²) < 4.78 is 12.7. The van der Waals surface area contributed by atoms with Crippen LogP contribution in [0.5, 0.6) is 0 Å². The van der Waals surface area contributed by atoms with Crippen molar-refractivity contribution in [2.24, 2.45) is 5.92 Å². The van der Waals surface area contributed by atoms with E-state index in [9.17, 15) is 9.36 Å². The van der Waals surface area contributed by atoms with Gasteiger partial charge < -0.3 is 0 Å². The van der Waals surface area contributed by atoms with E-state index in [0.29, 0.717) is 22.9 Å². The summed E-state index contributed by atoms with van der Waals surface area (Å²) in [6.07, 6.45) is 1.53. The third kappa shape index (κ3) is 4.14. The molecule has 0 N–H and O–H groups in total. The van der Waals surface area contributed by atoms with E-state index in [1.165, 1.54) is 0 Å². The van der Waals surface area contributed by atoms with Crippen LogP contribution in [0, 0.1) is 19.8 Å². The monoisotopic (exact) mass is 327 g/mol. The highest BCUT2D eigenvalue weighted by Gasteiger charge is 2.28. The maximum Gasteiger partial charge on any atom is 0.377 e. The summed E-state index contributed by atoms with van der Waals surface area (Å²) in [5.41, 5.74) is 3.23. The molecule has 0 aliphatic heterocycles. The van der Waals surface area contributed by atoms with E-state index in [4.69, 9.17) is 0 Å². The number of hydrogen-bond acceptors (Lipinski definition) is 2. The molecule has 2 nitrogen and oxygen atoms in total. The van der Waals surface area contributed by atoms with Crippen LogP contribution in [-0.4, -0.2) is 11.9 Å². The number of carbonyl (C=O) groups excluding carboxylic acids is 1. The Hall–Kier alpha value is -1.79. The Balaban J connectivity index is 2.41. The van der Waals surface area contributed by atoms with Crippen LogP contribution in [-0.2, 0) is 4.57 Å². The third-order valence-corrected chi connectivity index (χ3v) is 5.63. The Morgan fingerprint density at radius 2 is 1.61 bits per heavy atom. The minimum absolute atomic E-state index is 0.0240. The molecule has 2 rings (SSSR count). The molecule has 3 heteroatoms. The summed E-state index contributed by atoms with van der Waals surface area (Å²) in [7, 11) is -1.54. The highest BCUT2D eigenvalue weighted by molar-refractivity contribution is 7.53. The highest BCUT2D eigenvalue weighted by atomic mass is 31.1. The van der Waals surface area contributed by atoms with Gasteiger partial charge in [0.25, 0.3) is 0 Å². The lowest BCUT2D eigenvalue weighted by Crippen LogP contribution is -2.16. The van der Waals surface area contributed by atoms with Crippen molar-refractivity contribution in [1.29, 1.82) is 0 Å². The summed E-state index contributed by atoms with van der Waals surface area (Å²) >= 11 is 0. The lowest BCUT2D eigenvalue weighted by atomic mass is 9.95. The van der Waals surface area contributed by atoms with Crippen LogP contribution < -0.4 is 5.30 Å². The molecule has 1 unspecified atom stereocenters. The van der Waals surface area contributed by atoms with Gasteiger partial charge in [0.05, 0.1) is 5.56 Å². The van der Waals surface area contributed by atoms with Gasteiger partial charge in [-0.15, -0.1) is 0 Å². The summed E-state index contributed by atoms with van der Waals surface area (Å²) in [5.74, 6) is 0.486. The predicted octanol–water partition coefficient (Wildman–Crippen LogP) is 5.03. The SMILES string of the molecule is Cc1cccc(C)c1C(=O)c1ccccc1[P+](=O)CCC(C)C. The molecule has 120 valence electrons. The molecule has 2 aromatic carbocycles. The van der Waals surface area contributed by atoms with Crippen molar-refractivity contribution in [3.8, 4) is 0 Å². The molecule has 2 aromatic rings. The predicted molar refractivity (Wildman–Crippen MR) is 97.4 cm³/mol. The summed E-state index contributed by atoms with van der Waals surface area (Å²) in [6.45, 7) is 8.14. The number of aryl methyl sites for hydroxylation is 2. The molecule has 0 saturated carbocycles. The minimum atomic E-state index is -1.54. The van der Waals surface area contributed by atoms with Gasteiger partial charge in [0, 0.05) is 5.56 Å². The van der Waals surface area contributed by atoms with Crippen LogP contribution in [0.25, 0.3) is 0 Å². The van der Waals surface area contributed by atoms with E-state index in [-0.39, 0.29) is 5.78 Å². The van der Waals surface area contributed by atoms with E-state index in [1.807, 2.05) is 50.2 Å². The first-order chi connectivity index (χ1) is 10.9. The number of benzene rings is 2. The van der Waals surface area contributed by atoms with Crippen LogP contribution in [0.2, 0.25) is 0 Å². The maximum absolute atomic E-state index is 13.0. The zero-order valence-electron chi connectivity index (χ0n) is 14.3. The smallest absolute Gasteiger partial charge is 0.288 e. The lowest BCUT2D eigenvalue weighted by molar-refractivity contribution is 0.103. The fraction of sp³-hybridized carbons (Fsp3) is 0.350. The zero-order valence-corrected chi connectivity index (χ0v) is 15.2. The lowest BCUT2D eigenvalue weighted by Gasteiger charge is -2.09. The molecule has 0 aliphatic carbocycles. The van der Waals surface area contributed by atoms with E-state index >= 15 is 0 Å². The number of carbonyl (C=O) groups is 1. The van der Waals surface area contributed by atoms with Gasteiger partial charge in [0.1, 0.15) is 0 Å². The van der Waals surface area contributed by atoms with Gasteiger partial charge in [0.15, 0.2) is 11.9 Å². The van der Waals surface area contributed by atoms with E-state index in [2.05, 4.69) is 13.8 Å². The minimum Gasteiger partial charge on any atom is -0.288 e. The molecule has 0 fully saturated rings. The van der Waals surface area contributed by atoms with Crippen LogP contribution in [0.1, 0.15) is 47.3 Å². The highest BCUT2D eigenvalue weighted by Crippen LogP contribution is 2.27. The van der Waals surface area contributed by atoms with Crippen molar-refractivity contribution in [3.05, 3.63) is 64.7 Å². The maximum atomic E-state index is 13.0. The first-order valence-electron chi connectivity index (χ1n) is 8.06. The van der Waals surface area contributed by atoms with Crippen molar-refractivity contribution in [3.63, 3.8) is 0 Å². The topological polar surface area (TPSA) is 34.1 Å². The molecular formula is C20H24O2P+. The molecule has 0 heterocycles. The Labute approximate surface area is 139 Å². The van der Waals surface area contributed by atoms with Crippen molar-refractivity contribution < 1.29 is 9.36 Å². The number of rotatable bonds is 6. The first kappa shape index (κ1) is 17.6.